The Morgan fingerprint density at radius 2 is 2.00 bits per heavy atom. The topological polar surface area (TPSA) is 69.6 Å². The van der Waals surface area contributed by atoms with Crippen molar-refractivity contribution in [1.29, 1.82) is 0 Å². The molecule has 92 valence electrons. The van der Waals surface area contributed by atoms with Crippen molar-refractivity contribution in [2.75, 3.05) is 6.54 Å². The van der Waals surface area contributed by atoms with Gasteiger partial charge in [0.25, 0.3) is 0 Å². The summed E-state index contributed by atoms with van der Waals surface area (Å²) in [5.41, 5.74) is 0.745. The van der Waals surface area contributed by atoms with Gasteiger partial charge in [-0.1, -0.05) is 18.6 Å². The highest BCUT2D eigenvalue weighted by atomic mass is 16.4. The number of rotatable bonds is 3. The van der Waals surface area contributed by atoms with E-state index in [9.17, 15) is 15.0 Å². The molecule has 4 nitrogen and oxygen atoms in total. The lowest BCUT2D eigenvalue weighted by Crippen LogP contribution is -2.41. The highest BCUT2D eigenvalue weighted by Gasteiger charge is 2.30. The van der Waals surface area contributed by atoms with Gasteiger partial charge in [0.2, 0.25) is 0 Å². The van der Waals surface area contributed by atoms with Crippen molar-refractivity contribution in [3.8, 4) is 5.75 Å². The van der Waals surface area contributed by atoms with Gasteiger partial charge in [-0.05, 0) is 37.1 Å². The molecule has 1 aliphatic heterocycles. The molecule has 0 aromatic heterocycles. The molecule has 1 aromatic carbocycles. The molecule has 0 radical (unpaired) electrons. The van der Waals surface area contributed by atoms with Crippen LogP contribution in [-0.2, 0) is 4.79 Å². The Hall–Kier alpha value is -1.55. The summed E-state index contributed by atoms with van der Waals surface area (Å²) in [4.78, 5) is 11.4. The van der Waals surface area contributed by atoms with Gasteiger partial charge in [0.15, 0.2) is 0 Å². The number of carbonyl (C=O) groups is 1. The molecule has 0 amide bonds. The summed E-state index contributed by atoms with van der Waals surface area (Å²) in [5.74, 6) is -1.18. The molecular weight excluding hydrogens is 218 g/mol. The first kappa shape index (κ1) is 11.9. The SMILES string of the molecule is O=C(O)[C@@H](c1ccc(O)cc1)[C@@H]1CCCCN1. The number of phenols is 1. The number of aliphatic carboxylic acids is 1. The molecule has 1 saturated heterocycles. The number of benzene rings is 1. The fraction of sp³-hybridized carbons (Fsp3) is 0.462. The second kappa shape index (κ2) is 5.19. The molecule has 1 heterocycles. The third kappa shape index (κ3) is 2.77. The van der Waals surface area contributed by atoms with Crippen molar-refractivity contribution in [3.05, 3.63) is 29.8 Å². The van der Waals surface area contributed by atoms with Crippen LogP contribution in [0.25, 0.3) is 0 Å². The van der Waals surface area contributed by atoms with Crippen LogP contribution in [-0.4, -0.2) is 28.8 Å². The van der Waals surface area contributed by atoms with E-state index in [1.807, 2.05) is 0 Å². The molecule has 1 fully saturated rings. The molecule has 2 atom stereocenters. The molecule has 0 aliphatic carbocycles. The number of hydrogen-bond donors (Lipinski definition) is 3. The van der Waals surface area contributed by atoms with Crippen LogP contribution in [0, 0.1) is 0 Å². The van der Waals surface area contributed by atoms with Crippen molar-refractivity contribution in [2.24, 2.45) is 0 Å². The Kier molecular flexibility index (Phi) is 3.64. The molecular formula is C13H17NO3. The van der Waals surface area contributed by atoms with Gasteiger partial charge in [-0.3, -0.25) is 4.79 Å². The summed E-state index contributed by atoms with van der Waals surface area (Å²) < 4.78 is 0. The van der Waals surface area contributed by atoms with Gasteiger partial charge in [0, 0.05) is 6.04 Å². The van der Waals surface area contributed by atoms with Crippen LogP contribution in [0.2, 0.25) is 0 Å². The first-order valence-electron chi connectivity index (χ1n) is 5.93. The van der Waals surface area contributed by atoms with Crippen LogP contribution >= 0.6 is 0 Å². The van der Waals surface area contributed by atoms with Crippen LogP contribution in [0.5, 0.6) is 5.75 Å². The normalized spacial score (nSPS) is 22.0. The van der Waals surface area contributed by atoms with E-state index < -0.39 is 11.9 Å². The Morgan fingerprint density at radius 1 is 1.29 bits per heavy atom. The molecule has 4 heteroatoms. The van der Waals surface area contributed by atoms with Gasteiger partial charge in [0.05, 0.1) is 5.92 Å². The summed E-state index contributed by atoms with van der Waals surface area (Å²) in [5, 5.41) is 21.8. The quantitative estimate of drug-likeness (QED) is 0.746. The first-order chi connectivity index (χ1) is 8.18. The molecule has 0 saturated carbocycles. The average molecular weight is 235 g/mol. The maximum Gasteiger partial charge on any atom is 0.312 e. The van der Waals surface area contributed by atoms with E-state index in [-0.39, 0.29) is 11.8 Å². The number of nitrogens with one attached hydrogen (secondary N) is 1. The maximum absolute atomic E-state index is 11.4. The monoisotopic (exact) mass is 235 g/mol. The smallest absolute Gasteiger partial charge is 0.312 e. The molecule has 2 rings (SSSR count). The predicted octanol–water partition coefficient (Wildman–Crippen LogP) is 1.70. The third-order valence-electron chi connectivity index (χ3n) is 3.27. The second-order valence-corrected chi connectivity index (χ2v) is 4.46. The lowest BCUT2D eigenvalue weighted by molar-refractivity contribution is -0.139. The average Bonchev–Trinajstić information content (AvgIpc) is 2.33. The van der Waals surface area contributed by atoms with E-state index in [1.54, 1.807) is 12.1 Å². The van der Waals surface area contributed by atoms with Gasteiger partial charge in [-0.15, -0.1) is 0 Å². The van der Waals surface area contributed by atoms with E-state index in [0.717, 1.165) is 31.4 Å². The Balaban J connectivity index is 2.21. The summed E-state index contributed by atoms with van der Waals surface area (Å²) >= 11 is 0. The zero-order valence-corrected chi connectivity index (χ0v) is 9.60. The molecule has 17 heavy (non-hydrogen) atoms. The number of aromatic hydroxyl groups is 1. The highest BCUT2D eigenvalue weighted by molar-refractivity contribution is 5.77. The zero-order valence-electron chi connectivity index (χ0n) is 9.60. The standard InChI is InChI=1S/C13H17NO3/c15-10-6-4-9(5-7-10)12(13(16)17)11-3-1-2-8-14-11/h4-7,11-12,14-15H,1-3,8H2,(H,16,17)/t11-,12-/m0/s1. The third-order valence-corrected chi connectivity index (χ3v) is 3.27. The molecule has 1 aromatic rings. The van der Waals surface area contributed by atoms with Crippen LogP contribution < -0.4 is 5.32 Å². The summed E-state index contributed by atoms with van der Waals surface area (Å²) in [6, 6.07) is 6.43. The Morgan fingerprint density at radius 3 is 2.53 bits per heavy atom. The number of carboxylic acids is 1. The van der Waals surface area contributed by atoms with Crippen LogP contribution in [0.1, 0.15) is 30.7 Å². The second-order valence-electron chi connectivity index (χ2n) is 4.46. The van der Waals surface area contributed by atoms with Crippen molar-refractivity contribution in [1.82, 2.24) is 5.32 Å². The van der Waals surface area contributed by atoms with Crippen LogP contribution in [0.3, 0.4) is 0 Å². The summed E-state index contributed by atoms with van der Waals surface area (Å²) in [6.45, 7) is 0.881. The molecule has 3 N–H and O–H groups in total. The van der Waals surface area contributed by atoms with E-state index in [2.05, 4.69) is 5.32 Å². The highest BCUT2D eigenvalue weighted by Crippen LogP contribution is 2.26. The van der Waals surface area contributed by atoms with Gasteiger partial charge >= 0.3 is 5.97 Å². The number of carboxylic acid groups (broad SMARTS) is 1. The van der Waals surface area contributed by atoms with E-state index in [0.29, 0.717) is 0 Å². The Labute approximate surface area is 100 Å². The molecule has 0 bridgehead atoms. The largest absolute Gasteiger partial charge is 0.508 e. The van der Waals surface area contributed by atoms with Gasteiger partial charge in [-0.25, -0.2) is 0 Å². The van der Waals surface area contributed by atoms with E-state index in [4.69, 9.17) is 0 Å². The first-order valence-corrected chi connectivity index (χ1v) is 5.93. The van der Waals surface area contributed by atoms with E-state index >= 15 is 0 Å². The zero-order chi connectivity index (χ0) is 12.3. The summed E-state index contributed by atoms with van der Waals surface area (Å²) in [7, 11) is 0. The van der Waals surface area contributed by atoms with Gasteiger partial charge in [-0.2, -0.15) is 0 Å². The number of piperidine rings is 1. The minimum atomic E-state index is -0.810. The van der Waals surface area contributed by atoms with Crippen molar-refractivity contribution >= 4 is 5.97 Å². The molecule has 0 unspecified atom stereocenters. The lowest BCUT2D eigenvalue weighted by Gasteiger charge is -2.29. The van der Waals surface area contributed by atoms with Gasteiger partial charge in [0.1, 0.15) is 5.75 Å². The molecule has 0 spiro atoms. The summed E-state index contributed by atoms with van der Waals surface area (Å²) in [6.07, 6.45) is 3.07. The maximum atomic E-state index is 11.4. The van der Waals surface area contributed by atoms with Gasteiger partial charge < -0.3 is 15.5 Å². The van der Waals surface area contributed by atoms with Crippen molar-refractivity contribution in [2.45, 2.75) is 31.2 Å². The molecule has 1 aliphatic rings. The predicted molar refractivity (Wildman–Crippen MR) is 64.1 cm³/mol. The minimum Gasteiger partial charge on any atom is -0.508 e. The van der Waals surface area contributed by atoms with E-state index in [1.165, 1.54) is 12.1 Å². The fourth-order valence-electron chi connectivity index (χ4n) is 2.39. The minimum absolute atomic E-state index is 0.00853. The lowest BCUT2D eigenvalue weighted by atomic mass is 9.86. The van der Waals surface area contributed by atoms with Crippen molar-refractivity contribution in [3.63, 3.8) is 0 Å². The number of hydrogen-bond acceptors (Lipinski definition) is 3. The Bertz CT molecular complexity index is 382. The van der Waals surface area contributed by atoms with Crippen LogP contribution in [0.4, 0.5) is 0 Å². The van der Waals surface area contributed by atoms with Crippen molar-refractivity contribution < 1.29 is 15.0 Å². The fourth-order valence-corrected chi connectivity index (χ4v) is 2.39. The van der Waals surface area contributed by atoms with Crippen LogP contribution in [0.15, 0.2) is 24.3 Å². The number of phenolic OH excluding ortho intramolecular Hbond substituents is 1.